The molecule has 0 fully saturated rings. The lowest BCUT2D eigenvalue weighted by Crippen LogP contribution is -2.39. The number of carbonyl (C=O) groups is 7. The van der Waals surface area contributed by atoms with E-state index in [9.17, 15) is 33.6 Å². The average Bonchev–Trinajstić information content (AvgIpc) is 3.28. The molecule has 0 saturated heterocycles. The van der Waals surface area contributed by atoms with E-state index in [0.29, 0.717) is 38.8 Å². The lowest BCUT2D eigenvalue weighted by atomic mass is 10.0. The molecule has 0 spiro atoms. The van der Waals surface area contributed by atoms with E-state index in [2.05, 4.69) is 9.98 Å². The molecule has 1 rings (SSSR count). The van der Waals surface area contributed by atoms with Crippen molar-refractivity contribution in [3.8, 4) is 5.75 Å². The van der Waals surface area contributed by atoms with Crippen LogP contribution in [0.4, 0.5) is 0 Å². The Morgan fingerprint density at radius 1 is 0.500 bits per heavy atom. The Labute approximate surface area is 405 Å². The van der Waals surface area contributed by atoms with Crippen LogP contribution in [-0.4, -0.2) is 173 Å². The molecule has 32 N–H and O–H groups in total. The molecule has 408 valence electrons. The molecule has 0 bridgehead atoms. The topological polar surface area (TPSA) is 633 Å². The third-order valence-electron chi connectivity index (χ3n) is 8.68. The fourth-order valence-corrected chi connectivity index (χ4v) is 3.54. The van der Waals surface area contributed by atoms with Crippen LogP contribution < -0.4 is 63.1 Å². The highest BCUT2D eigenvalue weighted by Crippen LogP contribution is 2.11. The maximum absolute atomic E-state index is 10.4. The summed E-state index contributed by atoms with van der Waals surface area (Å²) in [5.74, 6) is -6.88. The van der Waals surface area contributed by atoms with Gasteiger partial charge in [0.2, 0.25) is 0 Å². The highest BCUT2D eigenvalue weighted by molar-refractivity contribution is 5.77. The minimum Gasteiger partial charge on any atom is -0.508 e. The van der Waals surface area contributed by atoms with E-state index in [4.69, 9.17) is 114 Å². The number of hydrogen-bond acceptors (Lipinski definition) is 19. The number of aliphatic hydroxyl groups excluding tert-OH is 2. The summed E-state index contributed by atoms with van der Waals surface area (Å²) >= 11 is 0. The van der Waals surface area contributed by atoms with Crippen LogP contribution in [0.1, 0.15) is 78.7 Å². The van der Waals surface area contributed by atoms with Gasteiger partial charge in [-0.15, -0.1) is 0 Å². The van der Waals surface area contributed by atoms with E-state index in [1.807, 2.05) is 27.7 Å². The average molecular weight is 1020 g/mol. The first kappa shape index (κ1) is 75.0. The van der Waals surface area contributed by atoms with Gasteiger partial charge in [0, 0.05) is 13.1 Å². The maximum Gasteiger partial charge on any atom is 0.323 e. The quantitative estimate of drug-likeness (QED) is 0.0278. The molecule has 0 radical (unpaired) electrons. The molecule has 0 aliphatic carbocycles. The summed E-state index contributed by atoms with van der Waals surface area (Å²) in [4.78, 5) is 78.0. The Kier molecular flexibility index (Phi) is 48.2. The molecule has 0 saturated carbocycles. The second kappa shape index (κ2) is 45.0. The first-order chi connectivity index (χ1) is 32.1. The van der Waals surface area contributed by atoms with E-state index >= 15 is 0 Å². The zero-order chi connectivity index (χ0) is 56.4. The Morgan fingerprint density at radius 2 is 0.800 bits per heavy atom. The second-order valence-corrected chi connectivity index (χ2v) is 14.8. The van der Waals surface area contributed by atoms with Gasteiger partial charge in [-0.3, -0.25) is 43.5 Å². The summed E-state index contributed by atoms with van der Waals surface area (Å²) in [5.41, 5.74) is 57.0. The number of rotatable bonds is 23. The number of benzene rings is 1. The SMILES string of the molecule is CC(O)C(N)C(=O)O.CCC(C)C(N)C(=O)O.CCC(C)C(N)C(=O)O.NC(CO)C(=O)O.NC(Cc1ccc(O)cc1)C(=O)O.NC(N)=NCCCC(N)C(=O)O.NC(N)=NCCCC(N)C(=O)O. The van der Waals surface area contributed by atoms with Crippen LogP contribution in [0, 0.1) is 11.8 Å². The molecule has 70 heavy (non-hydrogen) atoms. The molecule has 1 aromatic carbocycles. The molecule has 0 aliphatic rings. The van der Waals surface area contributed by atoms with Gasteiger partial charge in [-0.1, -0.05) is 52.7 Å². The van der Waals surface area contributed by atoms with Crippen molar-refractivity contribution in [2.24, 2.45) is 84.9 Å². The zero-order valence-corrected chi connectivity index (χ0v) is 40.2. The van der Waals surface area contributed by atoms with Gasteiger partial charge in [0.25, 0.3) is 0 Å². The molecule has 0 heterocycles. The Balaban J connectivity index is -0.000000172. The van der Waals surface area contributed by atoms with Crippen LogP contribution in [0.25, 0.3) is 0 Å². The molecule has 0 amide bonds. The van der Waals surface area contributed by atoms with Crippen molar-refractivity contribution in [1.29, 1.82) is 0 Å². The largest absolute Gasteiger partial charge is 0.508 e. The van der Waals surface area contributed by atoms with Crippen molar-refractivity contribution in [2.45, 2.75) is 128 Å². The van der Waals surface area contributed by atoms with Gasteiger partial charge in [-0.25, -0.2) is 0 Å². The van der Waals surface area contributed by atoms with E-state index in [0.717, 1.165) is 18.4 Å². The lowest BCUT2D eigenvalue weighted by Gasteiger charge is -2.11. The number of guanidine groups is 2. The van der Waals surface area contributed by atoms with Gasteiger partial charge < -0.3 is 114 Å². The number of hydrogen-bond donors (Lipinski definition) is 21. The summed E-state index contributed by atoms with van der Waals surface area (Å²) in [6.45, 7) is 9.18. The van der Waals surface area contributed by atoms with Gasteiger partial charge >= 0.3 is 41.8 Å². The van der Waals surface area contributed by atoms with Gasteiger partial charge in [0.05, 0.1) is 12.7 Å². The minimum atomic E-state index is -1.18. The number of aliphatic carboxylic acids is 7. The van der Waals surface area contributed by atoms with Crippen LogP contribution in [-0.2, 0) is 40.0 Å². The molecule has 10 atom stereocenters. The predicted molar refractivity (Wildman–Crippen MR) is 259 cm³/mol. The molecular formula is C40H81N13O17. The van der Waals surface area contributed by atoms with Crippen LogP contribution in [0.5, 0.6) is 5.75 Å². The molecule has 0 aliphatic heterocycles. The first-order valence-electron chi connectivity index (χ1n) is 21.2. The van der Waals surface area contributed by atoms with Gasteiger partial charge in [-0.2, -0.15) is 0 Å². The monoisotopic (exact) mass is 1020 g/mol. The second-order valence-electron chi connectivity index (χ2n) is 14.8. The normalized spacial score (nSPS) is 14.1. The Bertz CT molecular complexity index is 1600. The number of phenolic OH excluding ortho intramolecular Hbond substituents is 1. The number of nitrogens with two attached hydrogens (primary N) is 11. The number of carboxylic acid groups (broad SMARTS) is 7. The van der Waals surface area contributed by atoms with Gasteiger partial charge in [-0.05, 0) is 68.6 Å². The predicted octanol–water partition coefficient (Wildman–Crippen LogP) is -4.69. The highest BCUT2D eigenvalue weighted by atomic mass is 16.4. The van der Waals surface area contributed by atoms with Gasteiger partial charge in [0.1, 0.15) is 48.0 Å². The van der Waals surface area contributed by atoms with Crippen molar-refractivity contribution in [1.82, 2.24) is 0 Å². The number of aliphatic imine (C=N–C) groups is 2. The minimum absolute atomic E-state index is 0.0129. The number of carboxylic acids is 7. The van der Waals surface area contributed by atoms with E-state index < -0.39 is 96.8 Å². The number of aliphatic hydroxyl groups is 2. The highest BCUT2D eigenvalue weighted by Gasteiger charge is 2.19. The third-order valence-corrected chi connectivity index (χ3v) is 8.68. The molecular weight excluding hydrogens is 935 g/mol. The van der Waals surface area contributed by atoms with Crippen molar-refractivity contribution >= 4 is 53.7 Å². The standard InChI is InChI=1S/C9H11NO3.2C6H14N4O2.2C6H13NO2.C4H9NO3.C3H7NO3/c10-8(9(12)13)5-6-1-3-7(11)4-2-6;2*7-4(5(11)12)2-1-3-10-6(8)9;2*1-3-4(2)5(7)6(8)9;1-2(6)3(5)4(7)8;4-2(1-5)3(6)7/h1-4,8,11H,5,10H2,(H,12,13);2*4H,1-3,7H2,(H,11,12)(H4,8,9,10);2*4-5H,3,7H2,1-2H3,(H,8,9);2-3,6H,5H2,1H3,(H,7,8);2,5H,1,4H2,(H,6,7). The lowest BCUT2D eigenvalue weighted by molar-refractivity contribution is -0.141. The molecule has 30 nitrogen and oxygen atoms in total. The number of phenols is 1. The van der Waals surface area contributed by atoms with Crippen LogP contribution in [0.15, 0.2) is 34.3 Å². The first-order valence-corrected chi connectivity index (χ1v) is 21.2. The Hall–Kier alpha value is -6.51. The van der Waals surface area contributed by atoms with Gasteiger partial charge in [0.15, 0.2) is 11.9 Å². The molecule has 10 unspecified atom stereocenters. The molecule has 0 aromatic heterocycles. The molecule has 30 heteroatoms. The van der Waals surface area contributed by atoms with E-state index in [1.165, 1.54) is 19.1 Å². The van der Waals surface area contributed by atoms with Crippen molar-refractivity contribution < 1.29 is 84.6 Å². The van der Waals surface area contributed by atoms with Crippen molar-refractivity contribution in [3.05, 3.63) is 29.8 Å². The number of aromatic hydroxyl groups is 1. The summed E-state index contributed by atoms with van der Waals surface area (Å²) in [7, 11) is 0. The van der Waals surface area contributed by atoms with Crippen LogP contribution in [0.2, 0.25) is 0 Å². The summed E-state index contributed by atoms with van der Waals surface area (Å²) in [5, 5.41) is 83.4. The van der Waals surface area contributed by atoms with Crippen molar-refractivity contribution in [2.75, 3.05) is 19.7 Å². The smallest absolute Gasteiger partial charge is 0.323 e. The van der Waals surface area contributed by atoms with E-state index in [-0.39, 0.29) is 35.9 Å². The fraction of sp³-hybridized carbons (Fsp3) is 0.625. The van der Waals surface area contributed by atoms with Crippen LogP contribution >= 0.6 is 0 Å². The maximum atomic E-state index is 10.4. The Morgan fingerprint density at radius 3 is 0.971 bits per heavy atom. The summed E-state index contributed by atoms with van der Waals surface area (Å²) in [6.07, 6.45) is 2.83. The van der Waals surface area contributed by atoms with E-state index in [1.54, 1.807) is 12.1 Å². The summed E-state index contributed by atoms with van der Waals surface area (Å²) < 4.78 is 0. The number of nitrogens with zero attached hydrogens (tertiary/aromatic N) is 2. The van der Waals surface area contributed by atoms with Crippen LogP contribution in [0.3, 0.4) is 0 Å². The summed E-state index contributed by atoms with van der Waals surface area (Å²) in [6, 6.07) is 0.104. The third kappa shape index (κ3) is 49.4. The fourth-order valence-electron chi connectivity index (χ4n) is 3.54. The zero-order valence-electron chi connectivity index (χ0n) is 40.2. The van der Waals surface area contributed by atoms with Crippen molar-refractivity contribution in [3.63, 3.8) is 0 Å². The molecule has 1 aromatic rings.